The first-order valence-electron chi connectivity index (χ1n) is 4.49. The minimum absolute atomic E-state index is 0.0152. The van der Waals surface area contributed by atoms with Crippen molar-refractivity contribution in [2.24, 2.45) is 0 Å². The zero-order valence-corrected chi connectivity index (χ0v) is 9.95. The lowest BCUT2D eigenvalue weighted by Gasteiger charge is -2.15. The first kappa shape index (κ1) is 12.1. The molecule has 6 nitrogen and oxygen atoms in total. The van der Waals surface area contributed by atoms with E-state index in [1.54, 1.807) is 7.11 Å². The van der Waals surface area contributed by atoms with E-state index in [1.807, 2.05) is 0 Å². The van der Waals surface area contributed by atoms with Crippen LogP contribution in [-0.4, -0.2) is 46.4 Å². The third kappa shape index (κ3) is 3.96. The Balaban J connectivity index is 2.47. The predicted molar refractivity (Wildman–Crippen MR) is 57.9 cm³/mol. The van der Waals surface area contributed by atoms with Gasteiger partial charge in [-0.2, -0.15) is 15.4 Å². The van der Waals surface area contributed by atoms with Gasteiger partial charge in [-0.15, -0.1) is 0 Å². The summed E-state index contributed by atoms with van der Waals surface area (Å²) >= 11 is 3.32. The third-order valence-corrected chi connectivity index (χ3v) is 2.27. The van der Waals surface area contributed by atoms with Crippen molar-refractivity contribution in [1.29, 1.82) is 0 Å². The fraction of sp³-hybridized carbons (Fsp3) is 0.625. The quantitative estimate of drug-likeness (QED) is 0.734. The summed E-state index contributed by atoms with van der Waals surface area (Å²) < 4.78 is 5.00. The maximum atomic E-state index is 11.6. The van der Waals surface area contributed by atoms with E-state index in [-0.39, 0.29) is 17.6 Å². The number of rotatable bonds is 6. The van der Waals surface area contributed by atoms with Crippen molar-refractivity contribution >= 4 is 21.8 Å². The summed E-state index contributed by atoms with van der Waals surface area (Å²) in [5.41, 5.74) is 0.283. The Morgan fingerprint density at radius 2 is 2.60 bits per heavy atom. The summed E-state index contributed by atoms with van der Waals surface area (Å²) in [4.78, 5) is 11.6. The number of alkyl halides is 1. The highest BCUT2D eigenvalue weighted by Gasteiger charge is 2.14. The molecule has 0 aliphatic carbocycles. The number of H-pyrrole nitrogens is 1. The average molecular weight is 277 g/mol. The molecule has 0 saturated heterocycles. The molecule has 0 bridgehead atoms. The lowest BCUT2D eigenvalue weighted by molar-refractivity contribution is 0.0890. The molecule has 0 radical (unpaired) electrons. The molecular formula is C8H13BrN4O2. The zero-order chi connectivity index (χ0) is 11.1. The molecule has 84 valence electrons. The first-order valence-corrected chi connectivity index (χ1v) is 5.61. The van der Waals surface area contributed by atoms with Gasteiger partial charge >= 0.3 is 0 Å². The van der Waals surface area contributed by atoms with E-state index in [4.69, 9.17) is 4.74 Å². The van der Waals surface area contributed by atoms with E-state index in [2.05, 4.69) is 36.7 Å². The molecule has 1 unspecified atom stereocenters. The SMILES string of the molecule is COCC(CCBr)NC(=O)c1cn[nH]n1. The predicted octanol–water partition coefficient (Wildman–Crippen LogP) is 0.334. The number of hydrogen-bond donors (Lipinski definition) is 2. The monoisotopic (exact) mass is 276 g/mol. The normalized spacial score (nSPS) is 12.4. The molecule has 1 rings (SSSR count). The number of aromatic amines is 1. The Bertz CT molecular complexity index is 285. The lowest BCUT2D eigenvalue weighted by Crippen LogP contribution is -2.38. The van der Waals surface area contributed by atoms with Crippen LogP contribution in [0.1, 0.15) is 16.9 Å². The Morgan fingerprint density at radius 1 is 1.80 bits per heavy atom. The van der Waals surface area contributed by atoms with Crippen molar-refractivity contribution in [2.45, 2.75) is 12.5 Å². The molecule has 1 atom stereocenters. The molecule has 15 heavy (non-hydrogen) atoms. The number of nitrogens with zero attached hydrogens (tertiary/aromatic N) is 2. The Morgan fingerprint density at radius 3 is 3.13 bits per heavy atom. The molecule has 1 aromatic heterocycles. The maximum absolute atomic E-state index is 11.6. The molecule has 0 spiro atoms. The van der Waals surface area contributed by atoms with Gasteiger partial charge in [0.15, 0.2) is 5.69 Å². The second-order valence-corrected chi connectivity index (χ2v) is 3.75. The van der Waals surface area contributed by atoms with Gasteiger partial charge < -0.3 is 10.1 Å². The van der Waals surface area contributed by atoms with Gasteiger partial charge in [0.1, 0.15) is 0 Å². The summed E-state index contributed by atoms with van der Waals surface area (Å²) in [6.07, 6.45) is 2.19. The van der Waals surface area contributed by atoms with Crippen molar-refractivity contribution < 1.29 is 9.53 Å². The molecule has 0 aliphatic rings. The third-order valence-electron chi connectivity index (χ3n) is 1.81. The lowest BCUT2D eigenvalue weighted by atomic mass is 10.2. The molecule has 1 heterocycles. The highest BCUT2D eigenvalue weighted by atomic mass is 79.9. The van der Waals surface area contributed by atoms with E-state index in [9.17, 15) is 4.79 Å². The molecule has 1 aromatic rings. The van der Waals surface area contributed by atoms with Crippen LogP contribution in [0.4, 0.5) is 0 Å². The van der Waals surface area contributed by atoms with Crippen LogP contribution in [-0.2, 0) is 4.74 Å². The number of methoxy groups -OCH3 is 1. The van der Waals surface area contributed by atoms with Gasteiger partial charge in [-0.25, -0.2) is 0 Å². The Hall–Kier alpha value is -0.950. The van der Waals surface area contributed by atoms with Gasteiger partial charge in [0.25, 0.3) is 5.91 Å². The smallest absolute Gasteiger partial charge is 0.273 e. The van der Waals surface area contributed by atoms with Gasteiger partial charge in [-0.1, -0.05) is 15.9 Å². The molecule has 0 fully saturated rings. The molecule has 1 amide bonds. The minimum atomic E-state index is -0.244. The van der Waals surface area contributed by atoms with E-state index in [1.165, 1.54) is 6.20 Å². The van der Waals surface area contributed by atoms with Crippen molar-refractivity contribution in [3.05, 3.63) is 11.9 Å². The number of halogens is 1. The molecule has 7 heteroatoms. The minimum Gasteiger partial charge on any atom is -0.383 e. The number of aromatic nitrogens is 3. The molecule has 2 N–H and O–H groups in total. The molecule has 0 aromatic carbocycles. The van der Waals surface area contributed by atoms with Crippen LogP contribution < -0.4 is 5.32 Å². The van der Waals surface area contributed by atoms with Gasteiger partial charge in [0.2, 0.25) is 0 Å². The number of ether oxygens (including phenoxy) is 1. The van der Waals surface area contributed by atoms with Gasteiger partial charge in [-0.3, -0.25) is 4.79 Å². The number of carbonyl (C=O) groups is 1. The summed E-state index contributed by atoms with van der Waals surface area (Å²) in [7, 11) is 1.60. The van der Waals surface area contributed by atoms with Crippen LogP contribution in [0.3, 0.4) is 0 Å². The van der Waals surface area contributed by atoms with Crippen LogP contribution in [0.2, 0.25) is 0 Å². The van der Waals surface area contributed by atoms with E-state index >= 15 is 0 Å². The Labute approximate surface area is 95.9 Å². The fourth-order valence-corrected chi connectivity index (χ4v) is 1.65. The second-order valence-electron chi connectivity index (χ2n) is 2.96. The van der Waals surface area contributed by atoms with Crippen molar-refractivity contribution in [3.8, 4) is 0 Å². The summed E-state index contributed by atoms with van der Waals surface area (Å²) in [6, 6.07) is -0.0152. The van der Waals surface area contributed by atoms with Crippen LogP contribution >= 0.6 is 15.9 Å². The summed E-state index contributed by atoms with van der Waals surface area (Å²) in [5.74, 6) is -0.244. The largest absolute Gasteiger partial charge is 0.383 e. The van der Waals surface area contributed by atoms with Crippen molar-refractivity contribution in [2.75, 3.05) is 19.0 Å². The fourth-order valence-electron chi connectivity index (χ4n) is 1.10. The van der Waals surface area contributed by atoms with Crippen LogP contribution in [0.5, 0.6) is 0 Å². The number of carbonyl (C=O) groups excluding carboxylic acids is 1. The average Bonchev–Trinajstić information content (AvgIpc) is 2.71. The standard InChI is InChI=1S/C8H13BrN4O2/c1-15-5-6(2-3-9)11-8(14)7-4-10-13-12-7/h4,6H,2-3,5H2,1H3,(H,11,14)(H,10,12,13). The van der Waals surface area contributed by atoms with Crippen LogP contribution in [0.25, 0.3) is 0 Å². The highest BCUT2D eigenvalue weighted by molar-refractivity contribution is 9.09. The van der Waals surface area contributed by atoms with E-state index in [0.29, 0.717) is 6.61 Å². The van der Waals surface area contributed by atoms with Crippen molar-refractivity contribution in [1.82, 2.24) is 20.7 Å². The van der Waals surface area contributed by atoms with Gasteiger partial charge in [0, 0.05) is 12.4 Å². The van der Waals surface area contributed by atoms with Gasteiger partial charge in [-0.05, 0) is 6.42 Å². The van der Waals surface area contributed by atoms with Crippen molar-refractivity contribution in [3.63, 3.8) is 0 Å². The zero-order valence-electron chi connectivity index (χ0n) is 8.36. The van der Waals surface area contributed by atoms with E-state index in [0.717, 1.165) is 11.8 Å². The second kappa shape index (κ2) is 6.52. The van der Waals surface area contributed by atoms with E-state index < -0.39 is 0 Å². The van der Waals surface area contributed by atoms with Crippen LogP contribution in [0, 0.1) is 0 Å². The molecule has 0 aliphatic heterocycles. The highest BCUT2D eigenvalue weighted by Crippen LogP contribution is 1.99. The van der Waals surface area contributed by atoms with Gasteiger partial charge in [0.05, 0.1) is 18.8 Å². The van der Waals surface area contributed by atoms with Crippen LogP contribution in [0.15, 0.2) is 6.20 Å². The number of nitrogens with one attached hydrogen (secondary N) is 2. The number of amides is 1. The maximum Gasteiger partial charge on any atom is 0.273 e. The number of hydrogen-bond acceptors (Lipinski definition) is 4. The first-order chi connectivity index (χ1) is 7.27. The summed E-state index contributed by atoms with van der Waals surface area (Å²) in [6.45, 7) is 0.481. The molecule has 0 saturated carbocycles. The topological polar surface area (TPSA) is 79.9 Å². The summed E-state index contributed by atoms with van der Waals surface area (Å²) in [5, 5.41) is 13.3. The molecular weight excluding hydrogens is 264 g/mol. The Kier molecular flexibility index (Phi) is 5.27.